The van der Waals surface area contributed by atoms with Crippen LogP contribution < -0.4 is 5.32 Å². The Bertz CT molecular complexity index is 832. The van der Waals surface area contributed by atoms with Crippen molar-refractivity contribution in [2.45, 2.75) is 0 Å². The van der Waals surface area contributed by atoms with E-state index in [1.807, 2.05) is 0 Å². The lowest BCUT2D eigenvalue weighted by molar-refractivity contribution is 0.102. The Labute approximate surface area is 126 Å². The molecule has 1 aromatic heterocycles. The minimum absolute atomic E-state index is 0.211. The van der Waals surface area contributed by atoms with Crippen molar-refractivity contribution in [1.29, 1.82) is 0 Å². The molecule has 0 saturated carbocycles. The van der Waals surface area contributed by atoms with Gasteiger partial charge in [-0.25, -0.2) is 4.68 Å². The quantitative estimate of drug-likeness (QED) is 0.747. The van der Waals surface area contributed by atoms with Crippen LogP contribution in [-0.2, 0) is 0 Å². The van der Waals surface area contributed by atoms with E-state index < -0.39 is 0 Å². The third kappa shape index (κ3) is 2.83. The molecule has 0 atom stereocenters. The number of nitrogens with zero attached hydrogens (tertiary/aromatic N) is 4. The maximum Gasteiger partial charge on any atom is 0.255 e. The zero-order chi connectivity index (χ0) is 15.4. The molecule has 0 spiro atoms. The predicted molar refractivity (Wildman–Crippen MR) is 81.5 cm³/mol. The summed E-state index contributed by atoms with van der Waals surface area (Å²) in [5.74, 6) is 2.32. The number of hydrogen-bond donors (Lipinski definition) is 1. The van der Waals surface area contributed by atoms with Crippen LogP contribution in [0.4, 0.5) is 5.69 Å². The lowest BCUT2D eigenvalue weighted by Crippen LogP contribution is -2.12. The molecule has 6 nitrogen and oxygen atoms in total. The predicted octanol–water partition coefficient (Wildman–Crippen LogP) is 1.90. The van der Waals surface area contributed by atoms with E-state index >= 15 is 0 Å². The minimum atomic E-state index is -0.211. The molecule has 1 amide bonds. The van der Waals surface area contributed by atoms with Crippen molar-refractivity contribution in [1.82, 2.24) is 20.2 Å². The van der Waals surface area contributed by atoms with E-state index in [2.05, 4.69) is 26.8 Å². The van der Waals surface area contributed by atoms with Gasteiger partial charge in [0.05, 0.1) is 5.69 Å². The summed E-state index contributed by atoms with van der Waals surface area (Å²) in [7, 11) is 0. The number of rotatable bonds is 3. The molecule has 22 heavy (non-hydrogen) atoms. The monoisotopic (exact) mass is 289 g/mol. The maximum atomic E-state index is 12.2. The molecule has 3 aromatic rings. The molecule has 3 rings (SSSR count). The highest BCUT2D eigenvalue weighted by molar-refractivity contribution is 6.04. The van der Waals surface area contributed by atoms with Crippen molar-refractivity contribution in [3.63, 3.8) is 0 Å². The lowest BCUT2D eigenvalue weighted by atomic mass is 10.1. The third-order valence-corrected chi connectivity index (χ3v) is 3.03. The van der Waals surface area contributed by atoms with Crippen LogP contribution >= 0.6 is 0 Å². The molecule has 0 radical (unpaired) electrons. The Kier molecular flexibility index (Phi) is 3.62. The third-order valence-electron chi connectivity index (χ3n) is 3.03. The Morgan fingerprint density at radius 3 is 2.68 bits per heavy atom. The number of anilines is 1. The topological polar surface area (TPSA) is 72.7 Å². The van der Waals surface area contributed by atoms with Gasteiger partial charge in [-0.1, -0.05) is 12.0 Å². The van der Waals surface area contributed by atoms with Crippen molar-refractivity contribution in [3.8, 4) is 18.0 Å². The lowest BCUT2D eigenvalue weighted by Gasteiger charge is -2.06. The number of hydrogen-bond acceptors (Lipinski definition) is 4. The van der Waals surface area contributed by atoms with Crippen LogP contribution in [0.2, 0.25) is 0 Å². The van der Waals surface area contributed by atoms with Crippen LogP contribution in [0, 0.1) is 12.3 Å². The minimum Gasteiger partial charge on any atom is -0.322 e. The molecule has 1 heterocycles. The first-order chi connectivity index (χ1) is 10.8. The first kappa shape index (κ1) is 13.5. The van der Waals surface area contributed by atoms with Crippen LogP contribution in [0.1, 0.15) is 15.9 Å². The molecule has 1 N–H and O–H groups in total. The molecule has 0 aliphatic carbocycles. The van der Waals surface area contributed by atoms with E-state index in [1.54, 1.807) is 48.5 Å². The van der Waals surface area contributed by atoms with Crippen molar-refractivity contribution >= 4 is 11.6 Å². The van der Waals surface area contributed by atoms with Gasteiger partial charge in [0.2, 0.25) is 0 Å². The van der Waals surface area contributed by atoms with Gasteiger partial charge >= 0.3 is 0 Å². The molecule has 0 aliphatic heterocycles. The molecular formula is C16H11N5O. The summed E-state index contributed by atoms with van der Waals surface area (Å²) in [5.41, 5.74) is 2.68. The molecule has 0 bridgehead atoms. The molecule has 2 aromatic carbocycles. The number of carbonyl (C=O) groups excluding carboxylic acids is 1. The van der Waals surface area contributed by atoms with Gasteiger partial charge in [-0.3, -0.25) is 4.79 Å². The van der Waals surface area contributed by atoms with Gasteiger partial charge in [0.15, 0.2) is 0 Å². The van der Waals surface area contributed by atoms with Gasteiger partial charge in [-0.15, -0.1) is 11.5 Å². The van der Waals surface area contributed by atoms with Gasteiger partial charge in [-0.2, -0.15) is 0 Å². The largest absolute Gasteiger partial charge is 0.322 e. The highest BCUT2D eigenvalue weighted by Crippen LogP contribution is 2.13. The standard InChI is InChI=1S/C16H11N5O/c1-2-12-4-3-5-14(10-12)18-16(22)13-6-8-15(9-7-13)21-11-17-19-20-21/h1,3-11H,(H,18,22). The number of aromatic nitrogens is 4. The average Bonchev–Trinajstić information content (AvgIpc) is 3.09. The molecule has 0 saturated heterocycles. The molecule has 0 aliphatic rings. The Morgan fingerprint density at radius 1 is 1.18 bits per heavy atom. The summed E-state index contributed by atoms with van der Waals surface area (Å²) in [5, 5.41) is 13.7. The highest BCUT2D eigenvalue weighted by atomic mass is 16.1. The van der Waals surface area contributed by atoms with Crippen LogP contribution in [0.15, 0.2) is 54.9 Å². The second-order valence-corrected chi connectivity index (χ2v) is 4.48. The number of terminal acetylenes is 1. The number of nitrogens with one attached hydrogen (secondary N) is 1. The Morgan fingerprint density at radius 2 is 2.00 bits per heavy atom. The smallest absolute Gasteiger partial charge is 0.255 e. The maximum absolute atomic E-state index is 12.2. The SMILES string of the molecule is C#Cc1cccc(NC(=O)c2ccc(-n3cnnn3)cc2)c1. The van der Waals surface area contributed by atoms with Crippen LogP contribution in [0.25, 0.3) is 5.69 Å². The zero-order valence-corrected chi connectivity index (χ0v) is 11.5. The van der Waals surface area contributed by atoms with E-state index in [1.165, 1.54) is 11.0 Å². The second kappa shape index (κ2) is 5.89. The normalized spacial score (nSPS) is 9.95. The van der Waals surface area contributed by atoms with Gasteiger partial charge < -0.3 is 5.32 Å². The molecule has 106 valence electrons. The van der Waals surface area contributed by atoms with E-state index in [-0.39, 0.29) is 5.91 Å². The summed E-state index contributed by atoms with van der Waals surface area (Å²) >= 11 is 0. The number of carbonyl (C=O) groups is 1. The van der Waals surface area contributed by atoms with Crippen LogP contribution in [0.5, 0.6) is 0 Å². The fourth-order valence-electron chi connectivity index (χ4n) is 1.94. The fraction of sp³-hybridized carbons (Fsp3) is 0. The van der Waals surface area contributed by atoms with Gasteiger partial charge in [0.1, 0.15) is 6.33 Å². The fourth-order valence-corrected chi connectivity index (χ4v) is 1.94. The van der Waals surface area contributed by atoms with Crippen molar-refractivity contribution < 1.29 is 4.79 Å². The van der Waals surface area contributed by atoms with Crippen molar-refractivity contribution in [2.24, 2.45) is 0 Å². The average molecular weight is 289 g/mol. The van der Waals surface area contributed by atoms with E-state index in [9.17, 15) is 4.79 Å². The summed E-state index contributed by atoms with van der Waals surface area (Å²) in [4.78, 5) is 12.2. The van der Waals surface area contributed by atoms with Crippen molar-refractivity contribution in [2.75, 3.05) is 5.32 Å². The van der Waals surface area contributed by atoms with E-state index in [4.69, 9.17) is 6.42 Å². The van der Waals surface area contributed by atoms with E-state index in [0.29, 0.717) is 16.8 Å². The first-order valence-electron chi connectivity index (χ1n) is 6.48. The summed E-state index contributed by atoms with van der Waals surface area (Å²) < 4.78 is 1.51. The molecule has 0 fully saturated rings. The second-order valence-electron chi connectivity index (χ2n) is 4.48. The van der Waals surface area contributed by atoms with Crippen LogP contribution in [-0.4, -0.2) is 26.1 Å². The zero-order valence-electron chi connectivity index (χ0n) is 11.5. The van der Waals surface area contributed by atoms with E-state index in [0.717, 1.165) is 5.69 Å². The molecular weight excluding hydrogens is 278 g/mol. The number of amides is 1. The molecule has 6 heteroatoms. The summed E-state index contributed by atoms with van der Waals surface area (Å²) in [6, 6.07) is 14.1. The Hall–Kier alpha value is -3.46. The van der Waals surface area contributed by atoms with Gasteiger partial charge in [-0.05, 0) is 52.9 Å². The Balaban J connectivity index is 1.76. The summed E-state index contributed by atoms with van der Waals surface area (Å²) in [6.07, 6.45) is 6.83. The number of tetrazole rings is 1. The van der Waals surface area contributed by atoms with Crippen molar-refractivity contribution in [3.05, 3.63) is 66.0 Å². The highest BCUT2D eigenvalue weighted by Gasteiger charge is 2.07. The van der Waals surface area contributed by atoms with Gasteiger partial charge in [0.25, 0.3) is 5.91 Å². The van der Waals surface area contributed by atoms with Gasteiger partial charge in [0, 0.05) is 16.8 Å². The van der Waals surface area contributed by atoms with Crippen LogP contribution in [0.3, 0.4) is 0 Å². The molecule has 0 unspecified atom stereocenters. The summed E-state index contributed by atoms with van der Waals surface area (Å²) in [6.45, 7) is 0. The first-order valence-corrected chi connectivity index (χ1v) is 6.48. The number of benzene rings is 2.